The molecule has 0 atom stereocenters. The fourth-order valence-electron chi connectivity index (χ4n) is 1.70. The van der Waals surface area contributed by atoms with Gasteiger partial charge < -0.3 is 4.74 Å². The van der Waals surface area contributed by atoms with Crippen LogP contribution in [0.25, 0.3) is 0 Å². The number of ether oxygens (including phenoxy) is 1. The third-order valence-electron chi connectivity index (χ3n) is 2.67. The second kappa shape index (κ2) is 8.02. The van der Waals surface area contributed by atoms with Crippen molar-refractivity contribution < 1.29 is 9.66 Å². The summed E-state index contributed by atoms with van der Waals surface area (Å²) in [5.41, 5.74) is 3.41. The van der Waals surface area contributed by atoms with Gasteiger partial charge in [0.25, 0.3) is 5.69 Å². The number of halogens is 2. The van der Waals surface area contributed by atoms with E-state index in [1.165, 1.54) is 18.3 Å². The highest BCUT2D eigenvalue weighted by molar-refractivity contribution is 9.11. The molecule has 0 aliphatic heterocycles. The summed E-state index contributed by atoms with van der Waals surface area (Å²) in [6.45, 7) is 2.42. The third-order valence-corrected chi connectivity index (χ3v) is 3.71. The molecule has 0 saturated carbocycles. The molecule has 23 heavy (non-hydrogen) atoms. The first kappa shape index (κ1) is 17.4. The lowest BCUT2D eigenvalue weighted by Gasteiger charge is -2.10. The average Bonchev–Trinajstić information content (AvgIpc) is 2.51. The number of nitrogens with zero attached hydrogens (tertiary/aromatic N) is 3. The van der Waals surface area contributed by atoms with Crippen LogP contribution in [0, 0.1) is 10.1 Å². The largest absolute Gasteiger partial charge is 0.492 e. The summed E-state index contributed by atoms with van der Waals surface area (Å²) in [7, 11) is 0. The predicted molar refractivity (Wildman–Crippen MR) is 95.1 cm³/mol. The number of hydrogen-bond donors (Lipinski definition) is 1. The lowest BCUT2D eigenvalue weighted by atomic mass is 10.2. The monoisotopic (exact) mass is 442 g/mol. The number of pyridine rings is 1. The van der Waals surface area contributed by atoms with Gasteiger partial charge in [-0.05, 0) is 41.1 Å². The predicted octanol–water partition coefficient (Wildman–Crippen LogP) is 4.36. The number of hydrazone groups is 1. The van der Waals surface area contributed by atoms with Crippen LogP contribution >= 0.6 is 31.9 Å². The second-order valence-corrected chi connectivity index (χ2v) is 6.04. The molecule has 0 spiro atoms. The summed E-state index contributed by atoms with van der Waals surface area (Å²) >= 11 is 6.86. The minimum Gasteiger partial charge on any atom is -0.492 e. The van der Waals surface area contributed by atoms with Crippen molar-refractivity contribution in [3.05, 3.63) is 55.1 Å². The molecule has 1 heterocycles. The van der Waals surface area contributed by atoms with Crippen LogP contribution in [0.2, 0.25) is 0 Å². The first-order chi connectivity index (χ1) is 11.0. The molecule has 2 aromatic rings. The lowest BCUT2D eigenvalue weighted by molar-refractivity contribution is -0.385. The van der Waals surface area contributed by atoms with E-state index in [9.17, 15) is 10.1 Å². The molecule has 0 aliphatic rings. The summed E-state index contributed by atoms with van der Waals surface area (Å²) in [5, 5.41) is 14.6. The first-order valence-corrected chi connectivity index (χ1v) is 8.11. The molecule has 1 N–H and O–H groups in total. The summed E-state index contributed by atoms with van der Waals surface area (Å²) in [5.74, 6) is 1.08. The summed E-state index contributed by atoms with van der Waals surface area (Å²) < 4.78 is 7.28. The Morgan fingerprint density at radius 3 is 2.83 bits per heavy atom. The highest BCUT2D eigenvalue weighted by Crippen LogP contribution is 2.32. The molecule has 9 heteroatoms. The van der Waals surface area contributed by atoms with Crippen molar-refractivity contribution in [1.82, 2.24) is 4.98 Å². The van der Waals surface area contributed by atoms with Gasteiger partial charge in [0.05, 0.1) is 22.2 Å². The molecule has 0 saturated heterocycles. The van der Waals surface area contributed by atoms with Crippen LogP contribution in [-0.4, -0.2) is 22.7 Å². The maximum Gasteiger partial charge on any atom is 0.287 e. The molecule has 120 valence electrons. The van der Waals surface area contributed by atoms with Gasteiger partial charge in [-0.2, -0.15) is 5.10 Å². The topological polar surface area (TPSA) is 89.6 Å². The van der Waals surface area contributed by atoms with E-state index < -0.39 is 4.92 Å². The van der Waals surface area contributed by atoms with Gasteiger partial charge in [0.2, 0.25) is 0 Å². The molecule has 7 nitrogen and oxygen atoms in total. The molecular formula is C14H12Br2N4O3. The minimum atomic E-state index is -0.507. The summed E-state index contributed by atoms with van der Waals surface area (Å²) in [6.07, 6.45) is 2.75. The van der Waals surface area contributed by atoms with Crippen molar-refractivity contribution in [2.45, 2.75) is 6.92 Å². The molecule has 0 radical (unpaired) electrons. The Kier molecular flexibility index (Phi) is 6.05. The van der Waals surface area contributed by atoms with Crippen LogP contribution in [0.3, 0.4) is 0 Å². The van der Waals surface area contributed by atoms with Gasteiger partial charge in [-0.25, -0.2) is 4.98 Å². The Balaban J connectivity index is 2.15. The molecule has 0 aliphatic carbocycles. The van der Waals surface area contributed by atoms with Gasteiger partial charge in [-0.15, -0.1) is 0 Å². The minimum absolute atomic E-state index is 0.0749. The number of hydrogen-bond acceptors (Lipinski definition) is 6. The van der Waals surface area contributed by atoms with Gasteiger partial charge in [0.15, 0.2) is 0 Å². The quantitative estimate of drug-likeness (QED) is 0.407. The summed E-state index contributed by atoms with van der Waals surface area (Å²) in [6, 6.07) is 6.58. The number of rotatable bonds is 6. The van der Waals surface area contributed by atoms with E-state index in [0.29, 0.717) is 18.2 Å². The molecule has 0 bridgehead atoms. The average molecular weight is 444 g/mol. The van der Waals surface area contributed by atoms with Gasteiger partial charge in [0, 0.05) is 16.1 Å². The number of aromatic nitrogens is 1. The van der Waals surface area contributed by atoms with Gasteiger partial charge in [-0.1, -0.05) is 15.9 Å². The maximum atomic E-state index is 10.6. The van der Waals surface area contributed by atoms with E-state index in [4.69, 9.17) is 4.74 Å². The molecule has 0 fully saturated rings. The molecule has 0 unspecified atom stereocenters. The van der Waals surface area contributed by atoms with Crippen LogP contribution in [0.5, 0.6) is 5.75 Å². The second-order valence-electron chi connectivity index (χ2n) is 4.27. The Hall–Kier alpha value is -2.00. The Bertz CT molecular complexity index is 736. The Morgan fingerprint density at radius 1 is 1.43 bits per heavy atom. The van der Waals surface area contributed by atoms with E-state index in [-0.39, 0.29) is 5.69 Å². The van der Waals surface area contributed by atoms with Crippen molar-refractivity contribution in [2.24, 2.45) is 5.10 Å². The van der Waals surface area contributed by atoms with Gasteiger partial charge >= 0.3 is 0 Å². The Labute approximate surface area is 149 Å². The van der Waals surface area contributed by atoms with Gasteiger partial charge in [-0.3, -0.25) is 15.5 Å². The van der Waals surface area contributed by atoms with Crippen molar-refractivity contribution in [1.29, 1.82) is 0 Å². The maximum absolute atomic E-state index is 10.6. The highest BCUT2D eigenvalue weighted by Gasteiger charge is 2.08. The van der Waals surface area contributed by atoms with Crippen LogP contribution in [-0.2, 0) is 0 Å². The standard InChI is InChI=1S/C14H12Br2N4O3/c1-2-23-14-9(5-10(15)6-12(14)16)7-18-19-13-4-3-11(8-17-13)20(21)22/h3-8H,2H2,1H3,(H,17,19)/b18-7-. The van der Waals surface area contributed by atoms with Crippen molar-refractivity contribution >= 4 is 49.6 Å². The van der Waals surface area contributed by atoms with Gasteiger partial charge in [0.1, 0.15) is 17.8 Å². The van der Waals surface area contributed by atoms with E-state index in [1.54, 1.807) is 6.21 Å². The van der Waals surface area contributed by atoms with Crippen LogP contribution in [0.1, 0.15) is 12.5 Å². The Morgan fingerprint density at radius 2 is 2.22 bits per heavy atom. The summed E-state index contributed by atoms with van der Waals surface area (Å²) in [4.78, 5) is 14.0. The molecule has 1 aromatic heterocycles. The van der Waals surface area contributed by atoms with Crippen LogP contribution in [0.4, 0.5) is 11.5 Å². The van der Waals surface area contributed by atoms with E-state index in [1.807, 2.05) is 19.1 Å². The SMILES string of the molecule is CCOc1c(Br)cc(Br)cc1/C=N\Nc1ccc([N+](=O)[O-])cn1. The van der Waals surface area contributed by atoms with Crippen molar-refractivity contribution in [3.63, 3.8) is 0 Å². The third kappa shape index (κ3) is 4.73. The zero-order chi connectivity index (χ0) is 16.8. The normalized spacial score (nSPS) is 10.7. The number of anilines is 1. The van der Waals surface area contributed by atoms with Crippen LogP contribution < -0.4 is 10.2 Å². The molecule has 2 rings (SSSR count). The molecule has 1 aromatic carbocycles. The highest BCUT2D eigenvalue weighted by atomic mass is 79.9. The fourth-order valence-corrected chi connectivity index (χ4v) is 3.07. The zero-order valence-corrected chi connectivity index (χ0v) is 15.2. The van der Waals surface area contributed by atoms with Crippen molar-refractivity contribution in [2.75, 3.05) is 12.0 Å². The number of nitrogens with one attached hydrogen (secondary N) is 1. The zero-order valence-electron chi connectivity index (χ0n) is 12.0. The van der Waals surface area contributed by atoms with E-state index >= 15 is 0 Å². The van der Waals surface area contributed by atoms with Crippen LogP contribution in [0.15, 0.2) is 44.5 Å². The molecular weight excluding hydrogens is 432 g/mol. The van der Waals surface area contributed by atoms with E-state index in [0.717, 1.165) is 14.5 Å². The molecule has 0 amide bonds. The van der Waals surface area contributed by atoms with Crippen molar-refractivity contribution in [3.8, 4) is 5.75 Å². The number of nitro groups is 1. The fraction of sp³-hybridized carbons (Fsp3) is 0.143. The number of benzene rings is 1. The lowest BCUT2D eigenvalue weighted by Crippen LogP contribution is -1.99. The smallest absolute Gasteiger partial charge is 0.287 e. The first-order valence-electron chi connectivity index (χ1n) is 6.52. The van der Waals surface area contributed by atoms with E-state index in [2.05, 4.69) is 47.4 Å².